The molecule has 2 N–H and O–H groups in total. The number of carboxylic acid groups (broad SMARTS) is 2. The van der Waals surface area contributed by atoms with Gasteiger partial charge in [0.25, 0.3) is 0 Å². The predicted molar refractivity (Wildman–Crippen MR) is 54.5 cm³/mol. The number of cyclic esters (lactones) is 2. The summed E-state index contributed by atoms with van der Waals surface area (Å²) in [5.41, 5.74) is 0. The first kappa shape index (κ1) is 15.8. The second-order valence-corrected chi connectivity index (χ2v) is 2.88. The molecule has 0 bridgehead atoms. The number of carbonyl (C=O) groups is 3. The predicted octanol–water partition coefficient (Wildman–Crippen LogP) is 1.31. The summed E-state index contributed by atoms with van der Waals surface area (Å²) in [5, 5.41) is 15.9. The molecule has 9 nitrogen and oxygen atoms in total. The molecule has 0 saturated carbocycles. The van der Waals surface area contributed by atoms with Gasteiger partial charge in [-0.1, -0.05) is 0 Å². The van der Waals surface area contributed by atoms with E-state index in [1.54, 1.807) is 0 Å². The first-order valence-electron chi connectivity index (χ1n) is 5.03. The lowest BCUT2D eigenvalue weighted by Crippen LogP contribution is -2.16. The molecule has 1 fully saturated rings. The van der Waals surface area contributed by atoms with Crippen molar-refractivity contribution >= 4 is 18.5 Å². The van der Waals surface area contributed by atoms with Crippen molar-refractivity contribution in [1.29, 1.82) is 0 Å². The molecule has 1 heterocycles. The summed E-state index contributed by atoms with van der Waals surface area (Å²) >= 11 is 0. The van der Waals surface area contributed by atoms with E-state index in [9.17, 15) is 14.4 Å². The maximum Gasteiger partial charge on any atom is 0.508 e. The molecular weight excluding hydrogens is 252 g/mol. The molecule has 9 heteroatoms. The van der Waals surface area contributed by atoms with Gasteiger partial charge in [0.15, 0.2) is 0 Å². The molecule has 0 amide bonds. The van der Waals surface area contributed by atoms with Crippen LogP contribution < -0.4 is 0 Å². The fourth-order valence-electron chi connectivity index (χ4n) is 0.789. The van der Waals surface area contributed by atoms with E-state index in [4.69, 9.17) is 10.2 Å². The molecule has 0 aliphatic carbocycles. The lowest BCUT2D eigenvalue weighted by molar-refractivity contribution is 0.0192. The van der Waals surface area contributed by atoms with Gasteiger partial charge in [0.05, 0.1) is 26.4 Å². The summed E-state index contributed by atoms with van der Waals surface area (Å²) in [6.07, 6.45) is -2.23. The van der Waals surface area contributed by atoms with Crippen molar-refractivity contribution in [3.05, 3.63) is 0 Å². The number of hydrogen-bond donors (Lipinski definition) is 2. The Kier molecular flexibility index (Phi) is 8.78. The van der Waals surface area contributed by atoms with E-state index >= 15 is 0 Å². The molecule has 1 aliphatic heterocycles. The Hall–Kier alpha value is -2.19. The molecule has 1 saturated heterocycles. The molecule has 1 rings (SSSR count). The zero-order valence-corrected chi connectivity index (χ0v) is 9.49. The van der Waals surface area contributed by atoms with E-state index in [0.29, 0.717) is 13.2 Å². The van der Waals surface area contributed by atoms with Gasteiger partial charge in [0.2, 0.25) is 0 Å². The average Bonchev–Trinajstić information content (AvgIpc) is 2.29. The Labute approximate surface area is 102 Å². The zero-order valence-electron chi connectivity index (χ0n) is 9.49. The van der Waals surface area contributed by atoms with Crippen LogP contribution in [-0.4, -0.2) is 55.1 Å². The summed E-state index contributed by atoms with van der Waals surface area (Å²) in [5.74, 6) is 0. The van der Waals surface area contributed by atoms with E-state index in [1.807, 2.05) is 0 Å². The van der Waals surface area contributed by atoms with Crippen molar-refractivity contribution in [1.82, 2.24) is 0 Å². The van der Waals surface area contributed by atoms with Crippen molar-refractivity contribution in [2.75, 3.05) is 26.4 Å². The molecule has 104 valence electrons. The van der Waals surface area contributed by atoms with Crippen molar-refractivity contribution in [3.63, 3.8) is 0 Å². The first-order chi connectivity index (χ1) is 8.52. The van der Waals surface area contributed by atoms with Gasteiger partial charge in [0, 0.05) is 12.8 Å². The van der Waals surface area contributed by atoms with Gasteiger partial charge in [-0.05, 0) is 0 Å². The molecule has 0 spiro atoms. The summed E-state index contributed by atoms with van der Waals surface area (Å²) in [6, 6.07) is 0. The summed E-state index contributed by atoms with van der Waals surface area (Å²) in [4.78, 5) is 29.5. The van der Waals surface area contributed by atoms with Crippen LogP contribution in [0.15, 0.2) is 0 Å². The van der Waals surface area contributed by atoms with E-state index in [2.05, 4.69) is 18.9 Å². The number of hydrogen-bond acceptors (Lipinski definition) is 7. The van der Waals surface area contributed by atoms with Gasteiger partial charge < -0.3 is 29.2 Å². The van der Waals surface area contributed by atoms with Crippen LogP contribution in [0, 0.1) is 0 Å². The van der Waals surface area contributed by atoms with Gasteiger partial charge in [-0.25, -0.2) is 14.4 Å². The highest BCUT2D eigenvalue weighted by Crippen LogP contribution is 1.95. The van der Waals surface area contributed by atoms with Crippen LogP contribution in [0.5, 0.6) is 0 Å². The highest BCUT2D eigenvalue weighted by Gasteiger charge is 2.07. The standard InChI is InChI=1S/C5H8O6.C4H6O3/c6-4(7)10-2-1-3-11-5(8)9;5-4-6-2-1-3-7-4/h1-3H2,(H,6,7)(H,8,9);1-3H2. The van der Waals surface area contributed by atoms with Crippen molar-refractivity contribution in [2.24, 2.45) is 0 Å². The third-order valence-electron chi connectivity index (χ3n) is 1.47. The van der Waals surface area contributed by atoms with Crippen LogP contribution in [-0.2, 0) is 18.9 Å². The Morgan fingerprint density at radius 1 is 1.06 bits per heavy atom. The maximum absolute atomic E-state index is 10.0. The van der Waals surface area contributed by atoms with E-state index < -0.39 is 18.5 Å². The number of rotatable bonds is 4. The van der Waals surface area contributed by atoms with Crippen LogP contribution in [0.1, 0.15) is 12.8 Å². The first-order valence-corrected chi connectivity index (χ1v) is 5.03. The zero-order chi connectivity index (χ0) is 13.8. The number of ether oxygens (including phenoxy) is 4. The summed E-state index contributed by atoms with van der Waals surface area (Å²) in [6.45, 7) is 0.920. The summed E-state index contributed by atoms with van der Waals surface area (Å²) < 4.78 is 17.0. The highest BCUT2D eigenvalue weighted by molar-refractivity contribution is 5.60. The molecule has 1 aliphatic rings. The minimum absolute atomic E-state index is 0.0530. The van der Waals surface area contributed by atoms with Gasteiger partial charge in [-0.15, -0.1) is 0 Å². The average molecular weight is 266 g/mol. The fourth-order valence-corrected chi connectivity index (χ4v) is 0.789. The van der Waals surface area contributed by atoms with E-state index in [-0.39, 0.29) is 19.6 Å². The normalized spacial score (nSPS) is 13.2. The lowest BCUT2D eigenvalue weighted by Gasteiger charge is -2.09. The van der Waals surface area contributed by atoms with E-state index in [1.165, 1.54) is 0 Å². The van der Waals surface area contributed by atoms with Gasteiger partial charge in [0.1, 0.15) is 0 Å². The number of carbonyl (C=O) groups excluding carboxylic acids is 1. The third-order valence-corrected chi connectivity index (χ3v) is 1.47. The Morgan fingerprint density at radius 3 is 1.78 bits per heavy atom. The topological polar surface area (TPSA) is 129 Å². The minimum Gasteiger partial charge on any atom is -0.450 e. The molecule has 0 radical (unpaired) electrons. The Morgan fingerprint density at radius 2 is 1.50 bits per heavy atom. The largest absolute Gasteiger partial charge is 0.508 e. The maximum atomic E-state index is 10.0. The summed E-state index contributed by atoms with van der Waals surface area (Å²) in [7, 11) is 0. The highest BCUT2D eigenvalue weighted by atomic mass is 16.7. The second-order valence-electron chi connectivity index (χ2n) is 2.88. The minimum atomic E-state index is -1.37. The molecule has 0 unspecified atom stereocenters. The quantitative estimate of drug-likeness (QED) is 0.439. The SMILES string of the molecule is O=C(O)OCCCOC(=O)O.O=C1OCCCO1. The Balaban J connectivity index is 0.000000351. The van der Waals surface area contributed by atoms with Gasteiger partial charge in [-0.3, -0.25) is 0 Å². The molecular formula is C9H14O9. The van der Waals surface area contributed by atoms with Crippen LogP contribution in [0.4, 0.5) is 14.4 Å². The lowest BCUT2D eigenvalue weighted by atomic mass is 10.5. The molecule has 0 aromatic rings. The molecule has 0 atom stereocenters. The second kappa shape index (κ2) is 10.00. The molecule has 0 aromatic carbocycles. The molecule has 0 aromatic heterocycles. The van der Waals surface area contributed by atoms with Gasteiger partial charge >= 0.3 is 18.5 Å². The third kappa shape index (κ3) is 11.9. The molecule has 18 heavy (non-hydrogen) atoms. The smallest absolute Gasteiger partial charge is 0.450 e. The monoisotopic (exact) mass is 266 g/mol. The van der Waals surface area contributed by atoms with Crippen LogP contribution in [0.25, 0.3) is 0 Å². The van der Waals surface area contributed by atoms with Crippen molar-refractivity contribution in [3.8, 4) is 0 Å². The van der Waals surface area contributed by atoms with Gasteiger partial charge in [-0.2, -0.15) is 0 Å². The van der Waals surface area contributed by atoms with Crippen LogP contribution >= 0.6 is 0 Å². The van der Waals surface area contributed by atoms with Crippen LogP contribution in [0.3, 0.4) is 0 Å². The van der Waals surface area contributed by atoms with Crippen LogP contribution in [0.2, 0.25) is 0 Å². The fraction of sp³-hybridized carbons (Fsp3) is 0.667. The van der Waals surface area contributed by atoms with Crippen molar-refractivity contribution < 1.29 is 43.5 Å². The van der Waals surface area contributed by atoms with E-state index in [0.717, 1.165) is 6.42 Å². The Bertz CT molecular complexity index is 251. The van der Waals surface area contributed by atoms with Crippen molar-refractivity contribution in [2.45, 2.75) is 12.8 Å².